The summed E-state index contributed by atoms with van der Waals surface area (Å²) in [6.45, 7) is 1.88. The van der Waals surface area contributed by atoms with Gasteiger partial charge in [-0.2, -0.15) is 5.10 Å². The third-order valence-corrected chi connectivity index (χ3v) is 6.76. The summed E-state index contributed by atoms with van der Waals surface area (Å²) >= 11 is 0. The van der Waals surface area contributed by atoms with Crippen LogP contribution in [0.2, 0.25) is 0 Å². The molecule has 0 aliphatic carbocycles. The predicted molar refractivity (Wildman–Crippen MR) is 147 cm³/mol. The van der Waals surface area contributed by atoms with Gasteiger partial charge in [0, 0.05) is 18.7 Å². The van der Waals surface area contributed by atoms with Crippen molar-refractivity contribution in [2.24, 2.45) is 0 Å². The quantitative estimate of drug-likeness (QED) is 0.234. The number of carboxylic acids is 1. The van der Waals surface area contributed by atoms with Gasteiger partial charge in [0.15, 0.2) is 17.0 Å². The fourth-order valence-corrected chi connectivity index (χ4v) is 5.06. The zero-order valence-electron chi connectivity index (χ0n) is 21.2. The molecule has 7 heteroatoms. The van der Waals surface area contributed by atoms with Crippen molar-refractivity contribution in [3.63, 3.8) is 0 Å². The van der Waals surface area contributed by atoms with E-state index in [0.717, 1.165) is 22.3 Å². The number of hydrogen-bond acceptors (Lipinski definition) is 5. The Labute approximate surface area is 224 Å². The van der Waals surface area contributed by atoms with Gasteiger partial charge in [-0.05, 0) is 28.8 Å². The van der Waals surface area contributed by atoms with Crippen LogP contribution in [0.1, 0.15) is 38.5 Å². The van der Waals surface area contributed by atoms with Crippen LogP contribution in [0.5, 0.6) is 5.75 Å². The van der Waals surface area contributed by atoms with E-state index >= 15 is 0 Å². The summed E-state index contributed by atoms with van der Waals surface area (Å²) in [4.78, 5) is 16.0. The maximum atomic E-state index is 11.7. The summed E-state index contributed by atoms with van der Waals surface area (Å²) < 4.78 is 13.7. The summed E-state index contributed by atoms with van der Waals surface area (Å²) in [7, 11) is 0. The lowest BCUT2D eigenvalue weighted by atomic mass is 9.77. The van der Waals surface area contributed by atoms with Gasteiger partial charge in [-0.1, -0.05) is 91.0 Å². The van der Waals surface area contributed by atoms with Gasteiger partial charge in [0.1, 0.15) is 17.9 Å². The van der Waals surface area contributed by atoms with Crippen molar-refractivity contribution in [2.45, 2.75) is 19.1 Å². The Morgan fingerprint density at radius 3 is 2.00 bits per heavy atom. The van der Waals surface area contributed by atoms with Gasteiger partial charge in [0.05, 0.1) is 11.8 Å². The molecule has 0 saturated heterocycles. The van der Waals surface area contributed by atoms with Crippen molar-refractivity contribution >= 4 is 17.1 Å². The Hall–Kier alpha value is -5.17. The Kier molecular flexibility index (Phi) is 6.17. The molecule has 0 saturated carbocycles. The van der Waals surface area contributed by atoms with Crippen LogP contribution < -0.4 is 4.74 Å². The van der Waals surface area contributed by atoms with Gasteiger partial charge < -0.3 is 14.3 Å². The molecule has 2 aromatic heterocycles. The molecule has 2 heterocycles. The number of hydrogen-bond donors (Lipinski definition) is 1. The van der Waals surface area contributed by atoms with E-state index in [1.54, 1.807) is 13.1 Å². The highest BCUT2D eigenvalue weighted by Crippen LogP contribution is 2.40. The number of benzene rings is 4. The molecule has 0 amide bonds. The van der Waals surface area contributed by atoms with Crippen molar-refractivity contribution in [3.05, 3.63) is 149 Å². The minimum absolute atomic E-state index is 0.0700. The first-order chi connectivity index (χ1) is 19.1. The van der Waals surface area contributed by atoms with Gasteiger partial charge in [-0.3, -0.25) is 4.68 Å². The maximum absolute atomic E-state index is 11.7. The van der Waals surface area contributed by atoms with Crippen molar-refractivity contribution in [1.82, 2.24) is 14.8 Å². The second-order valence-corrected chi connectivity index (χ2v) is 9.25. The van der Waals surface area contributed by atoms with E-state index in [1.807, 2.05) is 65.5 Å². The second-order valence-electron chi connectivity index (χ2n) is 9.25. The predicted octanol–water partition coefficient (Wildman–Crippen LogP) is 6.45. The van der Waals surface area contributed by atoms with Crippen LogP contribution >= 0.6 is 0 Å². The molecule has 0 spiro atoms. The molecule has 1 N–H and O–H groups in total. The smallest absolute Gasteiger partial charge is 0.335 e. The maximum Gasteiger partial charge on any atom is 0.335 e. The average molecular weight is 516 g/mol. The van der Waals surface area contributed by atoms with Crippen molar-refractivity contribution in [2.75, 3.05) is 0 Å². The van der Waals surface area contributed by atoms with Gasteiger partial charge in [-0.15, -0.1) is 0 Å². The van der Waals surface area contributed by atoms with E-state index < -0.39 is 11.5 Å². The fraction of sp³-hybridized carbons (Fsp3) is 0.0938. The molecule has 0 aliphatic rings. The Bertz CT molecular complexity index is 1650. The molecule has 192 valence electrons. The first-order valence-corrected chi connectivity index (χ1v) is 12.5. The first-order valence-electron chi connectivity index (χ1n) is 12.5. The fourth-order valence-electron chi connectivity index (χ4n) is 5.06. The molecule has 6 aromatic rings. The number of carbonyl (C=O) groups is 1. The van der Waals surface area contributed by atoms with Crippen LogP contribution in [0.15, 0.2) is 120 Å². The monoisotopic (exact) mass is 515 g/mol. The average Bonchev–Trinajstić information content (AvgIpc) is 3.60. The van der Waals surface area contributed by atoms with Gasteiger partial charge in [0.25, 0.3) is 0 Å². The van der Waals surface area contributed by atoms with Crippen LogP contribution in [-0.4, -0.2) is 25.8 Å². The van der Waals surface area contributed by atoms with Crippen molar-refractivity contribution < 1.29 is 19.1 Å². The van der Waals surface area contributed by atoms with Crippen LogP contribution in [0.25, 0.3) is 11.1 Å². The van der Waals surface area contributed by atoms with Crippen LogP contribution in [0.4, 0.5) is 0 Å². The largest absolute Gasteiger partial charge is 0.486 e. The number of aryl methyl sites for hydroxylation is 1. The van der Waals surface area contributed by atoms with Gasteiger partial charge in [-0.25, -0.2) is 9.78 Å². The number of nitrogens with zero attached hydrogens (tertiary/aromatic N) is 3. The summed E-state index contributed by atoms with van der Waals surface area (Å²) in [5.41, 5.74) is 4.19. The number of rotatable bonds is 8. The Balaban J connectivity index is 1.44. The standard InChI is InChI=1S/C32H25N3O4/c1-22-34-30-28(17-24(31(36)37)18-29(30)39-22)38-21-23-19-33-35(20-23)32(25-11-5-2-6-12-25,26-13-7-3-8-14-26)27-15-9-4-10-16-27/h2-20H,21H2,1H3,(H,36,37). The number of ether oxygens (including phenoxy) is 1. The first kappa shape index (κ1) is 24.2. The zero-order chi connectivity index (χ0) is 26.8. The summed E-state index contributed by atoms with van der Waals surface area (Å²) in [6.07, 6.45) is 3.75. The molecule has 0 fully saturated rings. The molecular weight excluding hydrogens is 490 g/mol. The number of carboxylic acid groups (broad SMARTS) is 1. The Morgan fingerprint density at radius 1 is 0.897 bits per heavy atom. The highest BCUT2D eigenvalue weighted by atomic mass is 16.5. The Morgan fingerprint density at radius 2 is 1.46 bits per heavy atom. The van der Waals surface area contributed by atoms with Crippen LogP contribution in [0, 0.1) is 6.92 Å². The molecule has 39 heavy (non-hydrogen) atoms. The van der Waals surface area contributed by atoms with E-state index in [1.165, 1.54) is 12.1 Å². The number of oxazole rings is 1. The number of fused-ring (bicyclic) bond motifs is 1. The topological polar surface area (TPSA) is 90.4 Å². The highest BCUT2D eigenvalue weighted by molar-refractivity contribution is 5.94. The summed E-state index contributed by atoms with van der Waals surface area (Å²) in [5.74, 6) is -0.291. The molecule has 0 atom stereocenters. The van der Waals surface area contributed by atoms with Gasteiger partial charge >= 0.3 is 5.97 Å². The molecule has 7 nitrogen and oxygen atoms in total. The summed E-state index contributed by atoms with van der Waals surface area (Å²) in [6, 6.07) is 33.8. The normalized spacial score (nSPS) is 11.5. The second kappa shape index (κ2) is 9.95. The summed E-state index contributed by atoms with van der Waals surface area (Å²) in [5, 5.41) is 14.4. The number of aromatic carboxylic acids is 1. The van der Waals surface area contributed by atoms with Crippen molar-refractivity contribution in [3.8, 4) is 5.75 Å². The molecule has 0 unspecified atom stereocenters. The lowest BCUT2D eigenvalue weighted by molar-refractivity contribution is 0.0696. The third kappa shape index (κ3) is 4.34. The van der Waals surface area contributed by atoms with E-state index in [9.17, 15) is 9.90 Å². The zero-order valence-corrected chi connectivity index (χ0v) is 21.2. The highest BCUT2D eigenvalue weighted by Gasteiger charge is 2.39. The van der Waals surface area contributed by atoms with Crippen molar-refractivity contribution in [1.29, 1.82) is 0 Å². The van der Waals surface area contributed by atoms with Crippen LogP contribution in [-0.2, 0) is 12.1 Å². The lowest BCUT2D eigenvalue weighted by Gasteiger charge is -2.36. The number of aromatic nitrogens is 3. The molecule has 0 aliphatic heterocycles. The van der Waals surface area contributed by atoms with Crippen LogP contribution in [0.3, 0.4) is 0 Å². The third-order valence-electron chi connectivity index (χ3n) is 6.76. The van der Waals surface area contributed by atoms with E-state index in [-0.39, 0.29) is 12.2 Å². The molecule has 0 radical (unpaired) electrons. The van der Waals surface area contributed by atoms with E-state index in [0.29, 0.717) is 22.7 Å². The minimum atomic E-state index is -1.07. The molecule has 6 rings (SSSR count). The van der Waals surface area contributed by atoms with Gasteiger partial charge in [0.2, 0.25) is 0 Å². The van der Waals surface area contributed by atoms with E-state index in [4.69, 9.17) is 14.3 Å². The minimum Gasteiger partial charge on any atom is -0.486 e. The van der Waals surface area contributed by atoms with E-state index in [2.05, 4.69) is 41.4 Å². The SMILES string of the molecule is Cc1nc2c(OCc3cnn(C(c4ccccc4)(c4ccccc4)c4ccccc4)c3)cc(C(=O)O)cc2o1. The molecule has 0 bridgehead atoms. The molecular formula is C32H25N3O4. The lowest BCUT2D eigenvalue weighted by Crippen LogP contribution is -2.38. The molecule has 4 aromatic carbocycles.